The smallest absolute Gasteiger partial charge is 0.224 e. The molecular weight excluding hydrogens is 358 g/mol. The predicted molar refractivity (Wildman–Crippen MR) is 122 cm³/mol. The number of carbonyl (C=O) groups excluding carboxylic acids is 1. The molecule has 0 aliphatic heterocycles. The summed E-state index contributed by atoms with van der Waals surface area (Å²) >= 11 is 0. The number of rotatable bonds is 9. The summed E-state index contributed by atoms with van der Waals surface area (Å²) in [6, 6.07) is 16.2. The Bertz CT molecular complexity index is 775. The average molecular weight is 396 g/mol. The van der Waals surface area contributed by atoms with Gasteiger partial charge in [0, 0.05) is 12.1 Å². The van der Waals surface area contributed by atoms with Gasteiger partial charge in [-0.1, -0.05) is 89.4 Å². The maximum absolute atomic E-state index is 13.0. The SMILES string of the molecule is CCCCCC(CC(=O)Nc1cc(C(C)O)ccc1C(C)(C)C)c1ccccc1. The van der Waals surface area contributed by atoms with Crippen molar-refractivity contribution in [1.29, 1.82) is 0 Å². The number of anilines is 1. The minimum Gasteiger partial charge on any atom is -0.389 e. The lowest BCUT2D eigenvalue weighted by atomic mass is 9.84. The van der Waals surface area contributed by atoms with Gasteiger partial charge >= 0.3 is 0 Å². The number of aliphatic hydroxyl groups excluding tert-OH is 1. The van der Waals surface area contributed by atoms with Crippen LogP contribution in [0, 0.1) is 0 Å². The topological polar surface area (TPSA) is 49.3 Å². The molecule has 2 aromatic rings. The van der Waals surface area contributed by atoms with Crippen LogP contribution in [0.2, 0.25) is 0 Å². The van der Waals surface area contributed by atoms with Gasteiger partial charge in [0.05, 0.1) is 6.10 Å². The first-order chi connectivity index (χ1) is 13.7. The summed E-state index contributed by atoms with van der Waals surface area (Å²) in [5.74, 6) is 0.254. The second kappa shape index (κ2) is 10.6. The Kier molecular flexibility index (Phi) is 8.45. The van der Waals surface area contributed by atoms with Crippen LogP contribution in [0.4, 0.5) is 5.69 Å². The lowest BCUT2D eigenvalue weighted by Crippen LogP contribution is -2.20. The van der Waals surface area contributed by atoms with Crippen LogP contribution in [-0.4, -0.2) is 11.0 Å². The van der Waals surface area contributed by atoms with Crippen LogP contribution in [0.3, 0.4) is 0 Å². The van der Waals surface area contributed by atoms with Gasteiger partial charge in [-0.15, -0.1) is 0 Å². The van der Waals surface area contributed by atoms with E-state index in [0.717, 1.165) is 29.7 Å². The first kappa shape index (κ1) is 23.2. The highest BCUT2D eigenvalue weighted by atomic mass is 16.3. The van der Waals surface area contributed by atoms with Crippen LogP contribution >= 0.6 is 0 Å². The number of unbranched alkanes of at least 4 members (excludes halogenated alkanes) is 2. The van der Waals surface area contributed by atoms with Crippen LogP contribution in [0.5, 0.6) is 0 Å². The van der Waals surface area contributed by atoms with Crippen molar-refractivity contribution in [1.82, 2.24) is 0 Å². The molecule has 0 bridgehead atoms. The summed E-state index contributed by atoms with van der Waals surface area (Å²) in [4.78, 5) is 13.0. The van der Waals surface area contributed by atoms with Gasteiger partial charge in [0.15, 0.2) is 0 Å². The molecule has 3 heteroatoms. The molecular formula is C26H37NO2. The van der Waals surface area contributed by atoms with Crippen LogP contribution < -0.4 is 5.32 Å². The molecule has 0 saturated heterocycles. The molecule has 0 saturated carbocycles. The summed E-state index contributed by atoms with van der Waals surface area (Å²) in [5.41, 5.74) is 3.84. The number of hydrogen-bond acceptors (Lipinski definition) is 2. The molecule has 29 heavy (non-hydrogen) atoms. The first-order valence-electron chi connectivity index (χ1n) is 10.9. The van der Waals surface area contributed by atoms with Crippen molar-refractivity contribution in [2.24, 2.45) is 0 Å². The second-order valence-corrected chi connectivity index (χ2v) is 9.09. The molecule has 0 aliphatic rings. The molecule has 2 N–H and O–H groups in total. The quantitative estimate of drug-likeness (QED) is 0.462. The van der Waals surface area contributed by atoms with Gasteiger partial charge in [-0.25, -0.2) is 0 Å². The summed E-state index contributed by atoms with van der Waals surface area (Å²) in [6.07, 6.45) is 4.42. The fourth-order valence-corrected chi connectivity index (χ4v) is 3.76. The van der Waals surface area contributed by atoms with Crippen LogP contribution in [0.25, 0.3) is 0 Å². The number of hydrogen-bond donors (Lipinski definition) is 2. The summed E-state index contributed by atoms with van der Waals surface area (Å²) in [6.45, 7) is 10.4. The van der Waals surface area contributed by atoms with Crippen LogP contribution in [-0.2, 0) is 10.2 Å². The van der Waals surface area contributed by atoms with Crippen molar-refractivity contribution in [3.8, 4) is 0 Å². The summed E-state index contributed by atoms with van der Waals surface area (Å²) in [7, 11) is 0. The highest BCUT2D eigenvalue weighted by Crippen LogP contribution is 2.33. The molecule has 0 fully saturated rings. The third-order valence-electron chi connectivity index (χ3n) is 5.47. The van der Waals surface area contributed by atoms with E-state index in [1.165, 1.54) is 18.4 Å². The molecule has 1 amide bonds. The van der Waals surface area contributed by atoms with Crippen molar-refractivity contribution in [3.63, 3.8) is 0 Å². The molecule has 0 heterocycles. The van der Waals surface area contributed by atoms with Crippen molar-refractivity contribution in [2.45, 2.75) is 84.2 Å². The fourth-order valence-electron chi connectivity index (χ4n) is 3.76. The van der Waals surface area contributed by atoms with Crippen LogP contribution in [0.15, 0.2) is 48.5 Å². The van der Waals surface area contributed by atoms with Gasteiger partial charge in [-0.3, -0.25) is 4.79 Å². The third kappa shape index (κ3) is 7.01. The van der Waals surface area contributed by atoms with E-state index in [4.69, 9.17) is 0 Å². The number of nitrogens with one attached hydrogen (secondary N) is 1. The lowest BCUT2D eigenvalue weighted by Gasteiger charge is -2.25. The third-order valence-corrected chi connectivity index (χ3v) is 5.47. The standard InChI is InChI=1S/C26H37NO2/c1-6-7-9-14-22(20-12-10-8-11-13-20)18-25(29)27-24-17-21(19(2)28)15-16-23(24)26(3,4)5/h8,10-13,15-17,19,22,28H,6-7,9,14,18H2,1-5H3,(H,27,29). The van der Waals surface area contributed by atoms with Gasteiger partial charge < -0.3 is 10.4 Å². The van der Waals surface area contributed by atoms with Crippen molar-refractivity contribution < 1.29 is 9.90 Å². The van der Waals surface area contributed by atoms with Gasteiger partial charge in [0.2, 0.25) is 5.91 Å². The number of benzene rings is 2. The zero-order valence-corrected chi connectivity index (χ0v) is 18.7. The van der Waals surface area contributed by atoms with E-state index in [-0.39, 0.29) is 17.2 Å². The van der Waals surface area contributed by atoms with E-state index in [0.29, 0.717) is 6.42 Å². The molecule has 0 radical (unpaired) electrons. The number of aliphatic hydroxyl groups is 1. The van der Waals surface area contributed by atoms with E-state index < -0.39 is 6.10 Å². The lowest BCUT2D eigenvalue weighted by molar-refractivity contribution is -0.116. The maximum atomic E-state index is 13.0. The molecule has 0 spiro atoms. The first-order valence-corrected chi connectivity index (χ1v) is 10.9. The zero-order valence-electron chi connectivity index (χ0n) is 18.7. The molecule has 2 rings (SSSR count). The highest BCUT2D eigenvalue weighted by molar-refractivity contribution is 5.92. The monoisotopic (exact) mass is 395 g/mol. The van der Waals surface area contributed by atoms with Gasteiger partial charge in [0.25, 0.3) is 0 Å². The second-order valence-electron chi connectivity index (χ2n) is 9.09. The van der Waals surface area contributed by atoms with Crippen molar-refractivity contribution >= 4 is 11.6 Å². The van der Waals surface area contributed by atoms with E-state index in [2.05, 4.69) is 45.1 Å². The molecule has 0 aromatic heterocycles. The van der Waals surface area contributed by atoms with Crippen molar-refractivity contribution in [2.75, 3.05) is 5.32 Å². The molecule has 2 unspecified atom stereocenters. The Morgan fingerprint density at radius 2 is 1.72 bits per heavy atom. The molecule has 3 nitrogen and oxygen atoms in total. The normalized spacial score (nSPS) is 13.7. The van der Waals surface area contributed by atoms with Gasteiger partial charge in [-0.2, -0.15) is 0 Å². The highest BCUT2D eigenvalue weighted by Gasteiger charge is 2.22. The Labute approximate surface area is 176 Å². The zero-order chi connectivity index (χ0) is 21.4. The fraction of sp³-hybridized carbons (Fsp3) is 0.500. The average Bonchev–Trinajstić information content (AvgIpc) is 2.67. The van der Waals surface area contributed by atoms with E-state index in [1.54, 1.807) is 6.92 Å². The number of carbonyl (C=O) groups is 1. The van der Waals surface area contributed by atoms with E-state index in [9.17, 15) is 9.90 Å². The van der Waals surface area contributed by atoms with Crippen molar-refractivity contribution in [3.05, 3.63) is 65.2 Å². The Hall–Kier alpha value is -2.13. The van der Waals surface area contributed by atoms with E-state index in [1.807, 2.05) is 36.4 Å². The molecule has 2 atom stereocenters. The molecule has 158 valence electrons. The minimum atomic E-state index is -0.564. The largest absolute Gasteiger partial charge is 0.389 e. The van der Waals surface area contributed by atoms with Gasteiger partial charge in [0.1, 0.15) is 0 Å². The minimum absolute atomic E-state index is 0.0311. The number of amides is 1. The Balaban J connectivity index is 2.21. The molecule has 0 aliphatic carbocycles. The summed E-state index contributed by atoms with van der Waals surface area (Å²) < 4.78 is 0. The van der Waals surface area contributed by atoms with E-state index >= 15 is 0 Å². The molecule has 2 aromatic carbocycles. The Morgan fingerprint density at radius 1 is 1.03 bits per heavy atom. The summed E-state index contributed by atoms with van der Waals surface area (Å²) in [5, 5.41) is 13.1. The van der Waals surface area contributed by atoms with Gasteiger partial charge in [-0.05, 0) is 47.4 Å². The predicted octanol–water partition coefficient (Wildman–Crippen LogP) is 6.73. The maximum Gasteiger partial charge on any atom is 0.224 e. The Morgan fingerprint density at radius 3 is 2.31 bits per heavy atom. The van der Waals surface area contributed by atoms with Crippen LogP contribution in [0.1, 0.15) is 95.4 Å².